The molecule has 0 fully saturated rings. The molecule has 0 spiro atoms. The van der Waals surface area contributed by atoms with Gasteiger partial charge in [-0.2, -0.15) is 0 Å². The maximum Gasteiger partial charge on any atom is 0.279 e. The lowest BCUT2D eigenvalue weighted by Crippen LogP contribution is -2.86. The van der Waals surface area contributed by atoms with Gasteiger partial charge < -0.3 is 10.6 Å². The number of nitrogens with zero attached hydrogens (tertiary/aromatic N) is 1. The predicted molar refractivity (Wildman–Crippen MR) is 88.3 cm³/mol. The van der Waals surface area contributed by atoms with Gasteiger partial charge in [-0.1, -0.05) is 11.6 Å². The van der Waals surface area contributed by atoms with E-state index < -0.39 is 16.6 Å². The van der Waals surface area contributed by atoms with E-state index in [9.17, 15) is 23.7 Å². The highest BCUT2D eigenvalue weighted by molar-refractivity contribution is 6.33. The van der Waals surface area contributed by atoms with Crippen LogP contribution in [0.1, 0.15) is 18.5 Å². The number of nitro groups is 1. The molecule has 3 N–H and O–H groups in total. The Balaban J connectivity index is 1.94. The Morgan fingerprint density at radius 2 is 2.00 bits per heavy atom. The van der Waals surface area contributed by atoms with Crippen molar-refractivity contribution in [2.75, 3.05) is 11.9 Å². The van der Waals surface area contributed by atoms with Gasteiger partial charge in [-0.3, -0.25) is 14.9 Å². The lowest BCUT2D eigenvalue weighted by molar-refractivity contribution is -0.682. The summed E-state index contributed by atoms with van der Waals surface area (Å²) in [5, 5.41) is 14.9. The van der Waals surface area contributed by atoms with Crippen molar-refractivity contribution in [1.82, 2.24) is 0 Å². The maximum atomic E-state index is 13.2. The molecule has 132 valence electrons. The summed E-state index contributed by atoms with van der Waals surface area (Å²) in [6, 6.07) is 7.02. The van der Waals surface area contributed by atoms with Gasteiger partial charge in [-0.15, -0.1) is 0 Å². The van der Waals surface area contributed by atoms with Crippen LogP contribution in [0.2, 0.25) is 5.02 Å². The number of benzene rings is 2. The Morgan fingerprint density at radius 3 is 2.60 bits per heavy atom. The fourth-order valence-electron chi connectivity index (χ4n) is 2.14. The zero-order valence-electron chi connectivity index (χ0n) is 13.1. The van der Waals surface area contributed by atoms with E-state index in [-0.39, 0.29) is 34.9 Å². The number of amides is 1. The average molecular weight is 371 g/mol. The van der Waals surface area contributed by atoms with Crippen LogP contribution < -0.4 is 10.6 Å². The molecule has 0 saturated heterocycles. The number of hydrogen-bond donors (Lipinski definition) is 2. The Hall–Kier alpha value is -2.58. The lowest BCUT2D eigenvalue weighted by Gasteiger charge is -2.12. The number of quaternary nitrogens is 1. The van der Waals surface area contributed by atoms with Crippen LogP contribution >= 0.6 is 11.6 Å². The van der Waals surface area contributed by atoms with Gasteiger partial charge >= 0.3 is 0 Å². The fraction of sp³-hybridized carbons (Fsp3) is 0.188. The van der Waals surface area contributed by atoms with Crippen molar-refractivity contribution in [3.8, 4) is 0 Å². The Labute approximate surface area is 146 Å². The zero-order chi connectivity index (χ0) is 18.6. The van der Waals surface area contributed by atoms with Gasteiger partial charge in [-0.05, 0) is 31.2 Å². The number of nitrogens with one attached hydrogen (secondary N) is 1. The van der Waals surface area contributed by atoms with E-state index in [4.69, 9.17) is 11.6 Å². The van der Waals surface area contributed by atoms with Crippen LogP contribution in [-0.4, -0.2) is 17.4 Å². The number of hydrogen-bond acceptors (Lipinski definition) is 3. The highest BCUT2D eigenvalue weighted by Gasteiger charge is 2.15. The van der Waals surface area contributed by atoms with Crippen molar-refractivity contribution in [3.05, 3.63) is 68.7 Å². The van der Waals surface area contributed by atoms with Crippen LogP contribution in [0, 0.1) is 21.7 Å². The summed E-state index contributed by atoms with van der Waals surface area (Å²) < 4.78 is 26.2. The highest BCUT2D eigenvalue weighted by atomic mass is 35.5. The molecule has 1 atom stereocenters. The van der Waals surface area contributed by atoms with Gasteiger partial charge in [0.25, 0.3) is 11.6 Å². The standard InChI is InChI=1S/C16H14ClF2N3O3/c1-9(10-2-4-13(18)14(19)6-10)20-8-16(23)21-15-5-3-11(22(24)25)7-12(15)17/h2-7,9,20H,8H2,1H3,(H,21,23)/p+1/t9-/m0/s1. The van der Waals surface area contributed by atoms with Crippen molar-refractivity contribution in [3.63, 3.8) is 0 Å². The summed E-state index contributed by atoms with van der Waals surface area (Å²) >= 11 is 5.90. The molecule has 0 aromatic heterocycles. The first kappa shape index (κ1) is 18.8. The molecule has 0 radical (unpaired) electrons. The Morgan fingerprint density at radius 1 is 1.28 bits per heavy atom. The predicted octanol–water partition coefficient (Wildman–Crippen LogP) is 2.79. The topological polar surface area (TPSA) is 88.8 Å². The number of nitrogens with two attached hydrogens (primary N) is 1. The molecule has 2 aromatic carbocycles. The molecular formula is C16H15ClF2N3O3+. The van der Waals surface area contributed by atoms with Crippen LogP contribution in [0.15, 0.2) is 36.4 Å². The van der Waals surface area contributed by atoms with E-state index in [0.29, 0.717) is 5.56 Å². The van der Waals surface area contributed by atoms with E-state index in [0.717, 1.165) is 18.2 Å². The third-order valence-electron chi connectivity index (χ3n) is 3.56. The largest absolute Gasteiger partial charge is 0.333 e. The monoisotopic (exact) mass is 370 g/mol. The minimum Gasteiger partial charge on any atom is -0.333 e. The second kappa shape index (κ2) is 8.00. The average Bonchev–Trinajstić information content (AvgIpc) is 2.56. The van der Waals surface area contributed by atoms with E-state index >= 15 is 0 Å². The van der Waals surface area contributed by atoms with Gasteiger partial charge in [0.2, 0.25) is 0 Å². The molecule has 25 heavy (non-hydrogen) atoms. The number of carbonyl (C=O) groups is 1. The normalized spacial score (nSPS) is 11.8. The van der Waals surface area contributed by atoms with Gasteiger partial charge in [0.05, 0.1) is 15.6 Å². The Kier molecular flexibility index (Phi) is 6.00. The molecule has 0 aliphatic rings. The number of non-ortho nitro benzene ring substituents is 1. The number of nitro benzene ring substituents is 1. The first-order valence-corrected chi connectivity index (χ1v) is 7.68. The quantitative estimate of drug-likeness (QED) is 0.605. The molecule has 6 nitrogen and oxygen atoms in total. The summed E-state index contributed by atoms with van der Waals surface area (Å²) in [5.41, 5.74) is 0.618. The molecule has 0 aliphatic heterocycles. The zero-order valence-corrected chi connectivity index (χ0v) is 13.9. The van der Waals surface area contributed by atoms with Crippen molar-refractivity contribution in [2.45, 2.75) is 13.0 Å². The van der Waals surface area contributed by atoms with Gasteiger partial charge in [0, 0.05) is 17.7 Å². The smallest absolute Gasteiger partial charge is 0.279 e. The minimum atomic E-state index is -0.945. The molecule has 0 saturated carbocycles. The van der Waals surface area contributed by atoms with Crippen molar-refractivity contribution in [2.24, 2.45) is 0 Å². The SMILES string of the molecule is C[C@H]([NH2+]CC(=O)Nc1ccc([N+](=O)[O-])cc1Cl)c1ccc(F)c(F)c1. The maximum absolute atomic E-state index is 13.2. The summed E-state index contributed by atoms with van der Waals surface area (Å²) in [5.74, 6) is -2.26. The highest BCUT2D eigenvalue weighted by Crippen LogP contribution is 2.26. The minimum absolute atomic E-state index is 0.00742. The molecule has 2 aromatic rings. The second-order valence-corrected chi connectivity index (χ2v) is 5.78. The van der Waals surface area contributed by atoms with Crippen molar-refractivity contribution < 1.29 is 23.8 Å². The van der Waals surface area contributed by atoms with Crippen LogP contribution in [0.3, 0.4) is 0 Å². The number of anilines is 1. The number of carbonyl (C=O) groups excluding carboxylic acids is 1. The molecule has 0 unspecified atom stereocenters. The van der Waals surface area contributed by atoms with Crippen molar-refractivity contribution in [1.29, 1.82) is 0 Å². The number of rotatable bonds is 6. The van der Waals surface area contributed by atoms with E-state index in [1.807, 2.05) is 0 Å². The van der Waals surface area contributed by atoms with E-state index in [2.05, 4.69) is 5.32 Å². The van der Waals surface area contributed by atoms with E-state index in [1.165, 1.54) is 18.2 Å². The third-order valence-corrected chi connectivity index (χ3v) is 3.88. The molecule has 0 bridgehead atoms. The van der Waals surface area contributed by atoms with Crippen LogP contribution in [0.25, 0.3) is 0 Å². The van der Waals surface area contributed by atoms with Gasteiger partial charge in [0.1, 0.15) is 6.04 Å². The lowest BCUT2D eigenvalue weighted by atomic mass is 10.1. The summed E-state index contributed by atoms with van der Waals surface area (Å²) in [6.07, 6.45) is 0. The molecule has 1 amide bonds. The second-order valence-electron chi connectivity index (χ2n) is 5.37. The molecule has 0 aliphatic carbocycles. The molecule has 9 heteroatoms. The van der Waals surface area contributed by atoms with Crippen LogP contribution in [0.5, 0.6) is 0 Å². The van der Waals surface area contributed by atoms with E-state index in [1.54, 1.807) is 12.2 Å². The van der Waals surface area contributed by atoms with Gasteiger partial charge in [-0.25, -0.2) is 8.78 Å². The Bertz CT molecular complexity index is 817. The molecule has 0 heterocycles. The van der Waals surface area contributed by atoms with Crippen LogP contribution in [0.4, 0.5) is 20.2 Å². The third kappa shape index (κ3) is 4.94. The number of halogens is 3. The molecule has 2 rings (SSSR count). The molecular weight excluding hydrogens is 356 g/mol. The van der Waals surface area contributed by atoms with Crippen LogP contribution in [-0.2, 0) is 4.79 Å². The summed E-state index contributed by atoms with van der Waals surface area (Å²) in [4.78, 5) is 22.0. The summed E-state index contributed by atoms with van der Waals surface area (Å²) in [7, 11) is 0. The summed E-state index contributed by atoms with van der Waals surface area (Å²) in [6.45, 7) is 1.76. The fourth-order valence-corrected chi connectivity index (χ4v) is 2.36. The first-order chi connectivity index (χ1) is 11.8. The first-order valence-electron chi connectivity index (χ1n) is 7.30. The van der Waals surface area contributed by atoms with Crippen molar-refractivity contribution >= 4 is 28.9 Å². The van der Waals surface area contributed by atoms with Gasteiger partial charge in [0.15, 0.2) is 18.2 Å².